The van der Waals surface area contributed by atoms with E-state index < -0.39 is 16.1 Å². The molecule has 7 aromatic rings. The third-order valence-electron chi connectivity index (χ3n) is 10.2. The largest absolute Gasteiger partial charge is 0.460 e. The molecule has 306 valence electrons. The topological polar surface area (TPSA) is 114 Å². The van der Waals surface area contributed by atoms with Crippen LogP contribution in [0.25, 0.3) is 38.5 Å². The summed E-state index contributed by atoms with van der Waals surface area (Å²) in [5.74, 6) is -1.07. The van der Waals surface area contributed by atoms with Crippen LogP contribution >= 0.6 is 23.1 Å². The lowest BCUT2D eigenvalue weighted by atomic mass is 10.0. The number of fused-ring (bicyclic) bond motifs is 2. The van der Waals surface area contributed by atoms with E-state index in [2.05, 4.69) is 89.2 Å². The van der Waals surface area contributed by atoms with Gasteiger partial charge in [-0.2, -0.15) is 13.0 Å². The van der Waals surface area contributed by atoms with Crippen LogP contribution in [0, 0.1) is 0 Å². The fraction of sp³-hybridized carbons (Fsp3) is 0.122. The van der Waals surface area contributed by atoms with E-state index in [9.17, 15) is 22.6 Å². The van der Waals surface area contributed by atoms with E-state index in [0.717, 1.165) is 71.2 Å². The molecule has 1 aliphatic rings. The van der Waals surface area contributed by atoms with Crippen LogP contribution in [-0.2, 0) is 26.1 Å². The zero-order valence-corrected chi connectivity index (χ0v) is 35.6. The van der Waals surface area contributed by atoms with Crippen LogP contribution in [0.4, 0.5) is 5.69 Å². The summed E-state index contributed by atoms with van der Waals surface area (Å²) in [5.41, 5.74) is 7.93. The number of nitrogens with zero attached hydrogens (tertiary/aromatic N) is 2. The van der Waals surface area contributed by atoms with Gasteiger partial charge in [-0.05, 0) is 88.9 Å². The van der Waals surface area contributed by atoms with Crippen molar-refractivity contribution < 1.29 is 36.6 Å². The first-order valence-electron chi connectivity index (χ1n) is 19.7. The summed E-state index contributed by atoms with van der Waals surface area (Å²) in [6.07, 6.45) is 5.08. The van der Waals surface area contributed by atoms with Crippen molar-refractivity contribution in [2.75, 3.05) is 24.7 Å². The molecule has 0 atom stereocenters. The van der Waals surface area contributed by atoms with Crippen LogP contribution < -0.4 is 9.47 Å². The van der Waals surface area contributed by atoms with Crippen LogP contribution in [0.1, 0.15) is 39.1 Å². The first-order valence-corrected chi connectivity index (χ1v) is 22.8. The van der Waals surface area contributed by atoms with E-state index in [1.165, 1.54) is 18.2 Å². The Kier molecular flexibility index (Phi) is 12.6. The number of allylic oxidation sites excluding steroid dienone is 2. The third-order valence-corrected chi connectivity index (χ3v) is 13.2. The summed E-state index contributed by atoms with van der Waals surface area (Å²) < 4.78 is 47.8. The smallest absolute Gasteiger partial charge is 0.338 e. The Labute approximate surface area is 363 Å². The second-order valence-corrected chi connectivity index (χ2v) is 17.7. The first-order chi connectivity index (χ1) is 29.6. The Bertz CT molecular complexity index is 2900. The van der Waals surface area contributed by atoms with Crippen molar-refractivity contribution >= 4 is 67.1 Å². The molecule has 1 N–H and O–H groups in total. The summed E-state index contributed by atoms with van der Waals surface area (Å²) in [6.45, 7) is 3.08. The number of thiazole rings is 1. The molecular weight excluding hydrogens is 825 g/mol. The lowest BCUT2D eigenvalue weighted by Crippen LogP contribution is -2.38. The lowest BCUT2D eigenvalue weighted by molar-refractivity contribution is -0.669. The first kappa shape index (κ1) is 41.4. The molecule has 0 unspecified atom stereocenters. The van der Waals surface area contributed by atoms with Gasteiger partial charge in [0.1, 0.15) is 11.3 Å². The van der Waals surface area contributed by atoms with Gasteiger partial charge >= 0.3 is 11.9 Å². The van der Waals surface area contributed by atoms with Crippen molar-refractivity contribution in [1.29, 1.82) is 0 Å². The molecule has 9 nitrogen and oxygen atoms in total. The van der Waals surface area contributed by atoms with Crippen molar-refractivity contribution in [2.45, 2.75) is 29.7 Å². The Morgan fingerprint density at radius 2 is 1.33 bits per heavy atom. The fourth-order valence-corrected chi connectivity index (χ4v) is 9.86. The van der Waals surface area contributed by atoms with Gasteiger partial charge in [0.15, 0.2) is 13.2 Å². The van der Waals surface area contributed by atoms with Gasteiger partial charge in [-0.3, -0.25) is 4.55 Å². The van der Waals surface area contributed by atoms with E-state index in [1.807, 2.05) is 54.6 Å². The summed E-state index contributed by atoms with van der Waals surface area (Å²) >= 11 is 3.31. The number of rotatable bonds is 14. The number of carbonyl (C=O) groups is 2. The van der Waals surface area contributed by atoms with Crippen LogP contribution in [0.15, 0.2) is 178 Å². The summed E-state index contributed by atoms with van der Waals surface area (Å²) in [7, 11) is -4.49. The molecule has 6 aromatic carbocycles. The van der Waals surface area contributed by atoms with E-state index in [1.54, 1.807) is 35.2 Å². The maximum atomic E-state index is 13.1. The average molecular weight is 866 g/mol. The van der Waals surface area contributed by atoms with Gasteiger partial charge in [0.2, 0.25) is 5.52 Å². The third kappa shape index (κ3) is 9.69. The van der Waals surface area contributed by atoms with Crippen molar-refractivity contribution in [1.82, 2.24) is 0 Å². The van der Waals surface area contributed by atoms with Gasteiger partial charge in [0.25, 0.3) is 15.1 Å². The number of thioether (sulfide) groups is 1. The maximum absolute atomic E-state index is 13.1. The van der Waals surface area contributed by atoms with Crippen molar-refractivity contribution in [3.63, 3.8) is 0 Å². The molecule has 0 fully saturated rings. The fourth-order valence-electron chi connectivity index (χ4n) is 7.05. The van der Waals surface area contributed by atoms with Crippen LogP contribution in [0.2, 0.25) is 0 Å². The van der Waals surface area contributed by atoms with Gasteiger partial charge in [-0.15, -0.1) is 0 Å². The Morgan fingerprint density at radius 3 is 2.02 bits per heavy atom. The Morgan fingerprint density at radius 1 is 0.705 bits per heavy atom. The van der Waals surface area contributed by atoms with Crippen molar-refractivity contribution in [3.05, 3.63) is 184 Å². The molecule has 0 aliphatic carbocycles. The quantitative estimate of drug-likeness (QED) is 0.0648. The Balaban J connectivity index is 1.12. The van der Waals surface area contributed by atoms with Gasteiger partial charge < -0.3 is 14.4 Å². The predicted molar refractivity (Wildman–Crippen MR) is 242 cm³/mol. The minimum absolute atomic E-state index is 0.00871. The molecule has 1 aromatic heterocycles. The lowest BCUT2D eigenvalue weighted by Gasteiger charge is -2.21. The van der Waals surface area contributed by atoms with E-state index in [0.29, 0.717) is 18.7 Å². The highest BCUT2D eigenvalue weighted by Crippen LogP contribution is 2.48. The highest BCUT2D eigenvalue weighted by molar-refractivity contribution is 8.03. The second kappa shape index (κ2) is 18.5. The zero-order valence-electron chi connectivity index (χ0n) is 33.1. The molecule has 0 radical (unpaired) electrons. The van der Waals surface area contributed by atoms with Gasteiger partial charge in [-0.1, -0.05) is 127 Å². The highest BCUT2D eigenvalue weighted by atomic mass is 32.2. The molecule has 2 heterocycles. The van der Waals surface area contributed by atoms with E-state index in [4.69, 9.17) is 9.47 Å². The van der Waals surface area contributed by atoms with Crippen LogP contribution in [0.5, 0.6) is 0 Å². The summed E-state index contributed by atoms with van der Waals surface area (Å²) in [5, 5.41) is 1.96. The summed E-state index contributed by atoms with van der Waals surface area (Å²) in [6, 6.07) is 47.4. The number of benzene rings is 6. The minimum atomic E-state index is -4.49. The average Bonchev–Trinajstić information content (AvgIpc) is 3.82. The van der Waals surface area contributed by atoms with Gasteiger partial charge in [0, 0.05) is 17.0 Å². The van der Waals surface area contributed by atoms with Crippen LogP contribution in [-0.4, -0.2) is 44.7 Å². The molecule has 0 saturated carbocycles. The molecule has 0 saturated heterocycles. The molecule has 0 amide bonds. The highest BCUT2D eigenvalue weighted by Gasteiger charge is 2.27. The number of aromatic nitrogens is 1. The molecule has 1 aliphatic heterocycles. The van der Waals surface area contributed by atoms with Crippen LogP contribution in [0.3, 0.4) is 0 Å². The van der Waals surface area contributed by atoms with E-state index >= 15 is 0 Å². The van der Waals surface area contributed by atoms with Crippen molar-refractivity contribution in [3.8, 4) is 22.3 Å². The maximum Gasteiger partial charge on any atom is 0.338 e. The number of anilines is 1. The SMILES string of the molecule is CCC(=Cc1sc2ccc(-c3ccccc3)cc2[n+]1CCOC(=O)c1ccccc1)C=C1Sc2ccc(-c3ccccc3)cc2N1CCOC(=O)c1cccc(S(=O)(=O)O)c1. The molecule has 12 heteroatoms. The number of hydrogen-bond acceptors (Lipinski definition) is 9. The number of hydrogen-bond donors (Lipinski definition) is 1. The predicted octanol–water partition coefficient (Wildman–Crippen LogP) is 10.7. The molecule has 61 heavy (non-hydrogen) atoms. The molecular formula is C49H41N2O7S3+. The zero-order chi connectivity index (χ0) is 42.3. The second-order valence-electron chi connectivity index (χ2n) is 14.1. The molecule has 0 bridgehead atoms. The summed E-state index contributed by atoms with van der Waals surface area (Å²) in [4.78, 5) is 28.9. The number of esters is 2. The Hall–Kier alpha value is -6.31. The number of ether oxygens (including phenoxy) is 2. The van der Waals surface area contributed by atoms with E-state index in [-0.39, 0.29) is 29.6 Å². The monoisotopic (exact) mass is 865 g/mol. The van der Waals surface area contributed by atoms with Gasteiger partial charge in [0.05, 0.1) is 33.3 Å². The normalized spacial score (nSPS) is 13.4. The standard InChI is InChI=1S/C49H40N2O7S3/c1-2-34(29-46-50(25-27-57-48(52)37-17-10-5-11-18-37)42-32-38(21-23-44(42)59-46)35-13-6-3-7-14-35)30-47-51(26-28-58-49(53)40-19-12-20-41(31-40)61(54,55)56)43-33-39(22-24-45(43)60-47)36-15-8-4-9-16-36/h3-24,29-33H,2,25-28H2,1H3/p+1. The minimum Gasteiger partial charge on any atom is -0.460 e. The molecule has 8 rings (SSSR count). The van der Waals surface area contributed by atoms with Gasteiger partial charge in [-0.25, -0.2) is 9.59 Å². The number of carbonyl (C=O) groups excluding carboxylic acids is 2. The molecule has 0 spiro atoms. The van der Waals surface area contributed by atoms with Crippen molar-refractivity contribution in [2.24, 2.45) is 0 Å².